The van der Waals surface area contributed by atoms with Gasteiger partial charge in [-0.1, -0.05) is 43.0 Å². The molecule has 0 saturated carbocycles. The zero-order valence-electron chi connectivity index (χ0n) is 8.25. The average molecular weight is 186 g/mol. The van der Waals surface area contributed by atoms with Crippen molar-refractivity contribution in [3.63, 3.8) is 0 Å². The SMILES string of the molecule is C=C/C(=C/NC)C(=N)c1ccccc1. The maximum Gasteiger partial charge on any atom is 0.0698 e. The molecule has 0 atom stereocenters. The molecule has 0 fully saturated rings. The quantitative estimate of drug-likeness (QED) is 0.549. The summed E-state index contributed by atoms with van der Waals surface area (Å²) in [5.41, 5.74) is 2.17. The lowest BCUT2D eigenvalue weighted by Gasteiger charge is -2.04. The lowest BCUT2D eigenvalue weighted by molar-refractivity contribution is 1.09. The Morgan fingerprint density at radius 1 is 1.36 bits per heavy atom. The minimum Gasteiger partial charge on any atom is -0.393 e. The fraction of sp³-hybridized carbons (Fsp3) is 0.0833. The van der Waals surface area contributed by atoms with Crippen molar-refractivity contribution in [2.45, 2.75) is 0 Å². The Hall–Kier alpha value is -1.83. The third-order valence-corrected chi connectivity index (χ3v) is 1.87. The molecule has 0 aliphatic carbocycles. The first kappa shape index (κ1) is 10.3. The van der Waals surface area contributed by atoms with Crippen molar-refractivity contribution in [1.29, 1.82) is 5.41 Å². The average Bonchev–Trinajstić information content (AvgIpc) is 2.26. The Labute approximate surface area is 84.5 Å². The lowest BCUT2D eigenvalue weighted by Crippen LogP contribution is -2.05. The van der Waals surface area contributed by atoms with Crippen LogP contribution in [0.5, 0.6) is 0 Å². The molecular formula is C12H14N2. The third kappa shape index (κ3) is 2.33. The molecule has 14 heavy (non-hydrogen) atoms. The second-order valence-electron chi connectivity index (χ2n) is 2.83. The van der Waals surface area contributed by atoms with Gasteiger partial charge >= 0.3 is 0 Å². The van der Waals surface area contributed by atoms with Crippen molar-refractivity contribution >= 4 is 5.71 Å². The summed E-state index contributed by atoms with van der Waals surface area (Å²) in [5.74, 6) is 0. The topological polar surface area (TPSA) is 35.9 Å². The van der Waals surface area contributed by atoms with Crippen molar-refractivity contribution in [3.05, 3.63) is 60.3 Å². The molecule has 0 spiro atoms. The maximum absolute atomic E-state index is 7.91. The Morgan fingerprint density at radius 3 is 2.50 bits per heavy atom. The Kier molecular flexibility index (Phi) is 3.68. The van der Waals surface area contributed by atoms with Crippen LogP contribution in [0.25, 0.3) is 0 Å². The minimum absolute atomic E-state index is 0.481. The summed E-state index contributed by atoms with van der Waals surface area (Å²) in [6.45, 7) is 3.68. The molecule has 0 amide bonds. The van der Waals surface area contributed by atoms with Gasteiger partial charge in [-0.2, -0.15) is 0 Å². The normalized spacial score (nSPS) is 10.8. The molecule has 0 unspecified atom stereocenters. The molecule has 72 valence electrons. The van der Waals surface area contributed by atoms with Crippen LogP contribution in [0.15, 0.2) is 54.8 Å². The molecule has 2 N–H and O–H groups in total. The fourth-order valence-corrected chi connectivity index (χ4v) is 1.16. The number of hydrogen-bond donors (Lipinski definition) is 2. The van der Waals surface area contributed by atoms with E-state index >= 15 is 0 Å². The predicted molar refractivity (Wildman–Crippen MR) is 60.6 cm³/mol. The smallest absolute Gasteiger partial charge is 0.0698 e. The molecule has 1 aromatic carbocycles. The van der Waals surface area contributed by atoms with E-state index in [4.69, 9.17) is 5.41 Å². The number of hydrogen-bond acceptors (Lipinski definition) is 2. The van der Waals surface area contributed by atoms with Crippen LogP contribution in [-0.2, 0) is 0 Å². The lowest BCUT2D eigenvalue weighted by atomic mass is 10.0. The third-order valence-electron chi connectivity index (χ3n) is 1.87. The first-order valence-electron chi connectivity index (χ1n) is 4.43. The van der Waals surface area contributed by atoms with E-state index in [-0.39, 0.29) is 0 Å². The molecule has 2 heteroatoms. The Morgan fingerprint density at radius 2 is 2.00 bits per heavy atom. The van der Waals surface area contributed by atoms with Gasteiger partial charge in [0.05, 0.1) is 5.71 Å². The van der Waals surface area contributed by atoms with Gasteiger partial charge in [-0.15, -0.1) is 0 Å². The van der Waals surface area contributed by atoms with Crippen molar-refractivity contribution in [1.82, 2.24) is 5.32 Å². The Bertz CT molecular complexity index is 350. The van der Waals surface area contributed by atoms with Crippen LogP contribution in [0.3, 0.4) is 0 Å². The fourth-order valence-electron chi connectivity index (χ4n) is 1.16. The predicted octanol–water partition coefficient (Wildman–Crippen LogP) is 2.34. The van der Waals surface area contributed by atoms with E-state index in [0.29, 0.717) is 5.71 Å². The highest BCUT2D eigenvalue weighted by Crippen LogP contribution is 2.07. The van der Waals surface area contributed by atoms with Crippen molar-refractivity contribution < 1.29 is 0 Å². The molecule has 0 aromatic heterocycles. The summed E-state index contributed by atoms with van der Waals surface area (Å²) in [6, 6.07) is 9.60. The van der Waals surface area contributed by atoms with Gasteiger partial charge in [-0.05, 0) is 0 Å². The van der Waals surface area contributed by atoms with E-state index in [1.807, 2.05) is 37.4 Å². The van der Waals surface area contributed by atoms with Gasteiger partial charge in [0.1, 0.15) is 0 Å². The summed E-state index contributed by atoms with van der Waals surface area (Å²) in [7, 11) is 1.81. The highest BCUT2D eigenvalue weighted by atomic mass is 14.8. The summed E-state index contributed by atoms with van der Waals surface area (Å²) in [4.78, 5) is 0. The summed E-state index contributed by atoms with van der Waals surface area (Å²) in [5, 5.41) is 10.8. The molecule has 0 saturated heterocycles. The van der Waals surface area contributed by atoms with Gasteiger partial charge in [-0.25, -0.2) is 0 Å². The molecule has 0 aliphatic heterocycles. The first-order valence-corrected chi connectivity index (χ1v) is 4.43. The van der Waals surface area contributed by atoms with Crippen molar-refractivity contribution in [2.75, 3.05) is 7.05 Å². The number of nitrogens with one attached hydrogen (secondary N) is 2. The minimum atomic E-state index is 0.481. The molecule has 0 bridgehead atoms. The van der Waals surface area contributed by atoms with E-state index < -0.39 is 0 Å². The summed E-state index contributed by atoms with van der Waals surface area (Å²) < 4.78 is 0. The highest BCUT2D eigenvalue weighted by molar-refractivity contribution is 6.12. The number of benzene rings is 1. The Balaban J connectivity index is 2.95. The monoisotopic (exact) mass is 186 g/mol. The van der Waals surface area contributed by atoms with Crippen LogP contribution >= 0.6 is 0 Å². The van der Waals surface area contributed by atoms with Gasteiger partial charge in [0, 0.05) is 24.4 Å². The standard InChI is InChI=1S/C12H14N2/c1-3-10(9-14-2)12(13)11-7-5-4-6-8-11/h3-9,13-14H,1H2,2H3/b10-9-,13-12?. The maximum atomic E-state index is 7.91. The van der Waals surface area contributed by atoms with Crippen LogP contribution in [0.1, 0.15) is 5.56 Å². The van der Waals surface area contributed by atoms with E-state index in [1.54, 1.807) is 12.3 Å². The van der Waals surface area contributed by atoms with Crippen LogP contribution in [0.4, 0.5) is 0 Å². The van der Waals surface area contributed by atoms with Crippen LogP contribution < -0.4 is 5.32 Å². The molecule has 1 rings (SSSR count). The van der Waals surface area contributed by atoms with Crippen LogP contribution in [0, 0.1) is 5.41 Å². The molecular weight excluding hydrogens is 172 g/mol. The zero-order valence-corrected chi connectivity index (χ0v) is 8.25. The molecule has 0 radical (unpaired) electrons. The number of allylic oxidation sites excluding steroid dienone is 2. The van der Waals surface area contributed by atoms with E-state index in [2.05, 4.69) is 11.9 Å². The van der Waals surface area contributed by atoms with Gasteiger partial charge in [0.15, 0.2) is 0 Å². The summed E-state index contributed by atoms with van der Waals surface area (Å²) >= 11 is 0. The van der Waals surface area contributed by atoms with Crippen LogP contribution in [0.2, 0.25) is 0 Å². The van der Waals surface area contributed by atoms with E-state index in [0.717, 1.165) is 11.1 Å². The number of rotatable bonds is 4. The van der Waals surface area contributed by atoms with Crippen molar-refractivity contribution in [2.24, 2.45) is 0 Å². The molecule has 0 aliphatic rings. The zero-order chi connectivity index (χ0) is 10.4. The van der Waals surface area contributed by atoms with Crippen molar-refractivity contribution in [3.8, 4) is 0 Å². The van der Waals surface area contributed by atoms with Gasteiger partial charge in [0.25, 0.3) is 0 Å². The van der Waals surface area contributed by atoms with E-state index in [9.17, 15) is 0 Å². The summed E-state index contributed by atoms with van der Waals surface area (Å²) in [6.07, 6.45) is 3.44. The van der Waals surface area contributed by atoms with Crippen LogP contribution in [-0.4, -0.2) is 12.8 Å². The largest absolute Gasteiger partial charge is 0.393 e. The van der Waals surface area contributed by atoms with E-state index in [1.165, 1.54) is 0 Å². The van der Waals surface area contributed by atoms with Gasteiger partial charge in [-0.3, -0.25) is 5.41 Å². The first-order chi connectivity index (χ1) is 6.79. The highest BCUT2D eigenvalue weighted by Gasteiger charge is 2.02. The second kappa shape index (κ2) is 5.02. The second-order valence-corrected chi connectivity index (χ2v) is 2.83. The molecule has 1 aromatic rings. The van der Waals surface area contributed by atoms with Gasteiger partial charge < -0.3 is 5.32 Å². The molecule has 0 heterocycles. The molecule has 2 nitrogen and oxygen atoms in total. The van der Waals surface area contributed by atoms with Gasteiger partial charge in [0.2, 0.25) is 0 Å².